The molecule has 1 aliphatic rings. The van der Waals surface area contributed by atoms with E-state index in [1.165, 1.54) is 0 Å². The van der Waals surface area contributed by atoms with E-state index in [1.54, 1.807) is 0 Å². The average Bonchev–Trinajstić information content (AvgIpc) is 2.03. The smallest absolute Gasteiger partial charge is 0.0728 e. The molecule has 0 amide bonds. The summed E-state index contributed by atoms with van der Waals surface area (Å²) >= 11 is 0. The van der Waals surface area contributed by atoms with Crippen molar-refractivity contribution in [3.05, 3.63) is 12.2 Å². The second-order valence-electron chi connectivity index (χ2n) is 4.89. The van der Waals surface area contributed by atoms with Crippen LogP contribution in [-0.4, -0.2) is 0 Å². The lowest BCUT2D eigenvalue weighted by Crippen LogP contribution is -2.27. The number of rotatable bonds is 1. The Morgan fingerprint density at radius 1 is 1.54 bits per heavy atom. The molecule has 0 aliphatic heterocycles. The molecule has 1 nitrogen and oxygen atoms in total. The molecule has 0 bridgehead atoms. The zero-order valence-electron chi connectivity index (χ0n) is 9.04. The van der Waals surface area contributed by atoms with Crippen LogP contribution in [0.1, 0.15) is 34.1 Å². The molecular weight excluding hydrogens is 158 g/mol. The zero-order chi connectivity index (χ0) is 10.1. The first-order valence-corrected chi connectivity index (χ1v) is 5.09. The third-order valence-corrected chi connectivity index (χ3v) is 3.11. The van der Waals surface area contributed by atoms with Crippen LogP contribution in [0.25, 0.3) is 0 Å². The quantitative estimate of drug-likeness (QED) is 0.563. The highest BCUT2D eigenvalue weighted by atomic mass is 14.4. The van der Waals surface area contributed by atoms with Crippen LogP contribution in [0, 0.1) is 34.5 Å². The van der Waals surface area contributed by atoms with E-state index in [4.69, 9.17) is 5.26 Å². The highest BCUT2D eigenvalue weighted by Gasteiger charge is 2.32. The molecule has 3 atom stereocenters. The topological polar surface area (TPSA) is 23.8 Å². The lowest BCUT2D eigenvalue weighted by molar-refractivity contribution is 0.251. The Morgan fingerprint density at radius 3 is 2.54 bits per heavy atom. The molecule has 3 unspecified atom stereocenters. The summed E-state index contributed by atoms with van der Waals surface area (Å²) in [5.41, 5.74) is -0.217. The Labute approximate surface area is 81.5 Å². The molecule has 0 saturated carbocycles. The van der Waals surface area contributed by atoms with Gasteiger partial charge in [0.25, 0.3) is 0 Å². The van der Waals surface area contributed by atoms with Gasteiger partial charge in [0.2, 0.25) is 0 Å². The molecule has 0 fully saturated rings. The molecule has 1 aliphatic carbocycles. The van der Waals surface area contributed by atoms with Crippen molar-refractivity contribution in [1.29, 1.82) is 5.26 Å². The molecule has 0 aromatic carbocycles. The maximum absolute atomic E-state index is 8.99. The minimum Gasteiger partial charge on any atom is -0.197 e. The van der Waals surface area contributed by atoms with Crippen molar-refractivity contribution in [3.63, 3.8) is 0 Å². The number of hydrogen-bond acceptors (Lipinski definition) is 1. The summed E-state index contributed by atoms with van der Waals surface area (Å²) in [4.78, 5) is 0. The van der Waals surface area contributed by atoms with Crippen LogP contribution < -0.4 is 0 Å². The summed E-state index contributed by atoms with van der Waals surface area (Å²) < 4.78 is 0. The van der Waals surface area contributed by atoms with Crippen molar-refractivity contribution in [2.45, 2.75) is 34.1 Å². The van der Waals surface area contributed by atoms with Gasteiger partial charge in [-0.1, -0.05) is 32.9 Å². The van der Waals surface area contributed by atoms with Gasteiger partial charge < -0.3 is 0 Å². The third kappa shape index (κ3) is 2.12. The Balaban J connectivity index is 2.81. The average molecular weight is 177 g/mol. The largest absolute Gasteiger partial charge is 0.197 e. The predicted molar refractivity (Wildman–Crippen MR) is 55.0 cm³/mol. The van der Waals surface area contributed by atoms with E-state index < -0.39 is 0 Å². The van der Waals surface area contributed by atoms with Crippen molar-refractivity contribution in [2.75, 3.05) is 0 Å². The van der Waals surface area contributed by atoms with Gasteiger partial charge in [-0.05, 0) is 31.1 Å². The van der Waals surface area contributed by atoms with Gasteiger partial charge in [-0.3, -0.25) is 0 Å². The van der Waals surface area contributed by atoms with Crippen LogP contribution in [0.5, 0.6) is 0 Å². The van der Waals surface area contributed by atoms with E-state index >= 15 is 0 Å². The molecule has 0 radical (unpaired) electrons. The minimum atomic E-state index is -0.217. The van der Waals surface area contributed by atoms with Crippen molar-refractivity contribution >= 4 is 0 Å². The molecule has 72 valence electrons. The number of nitriles is 1. The van der Waals surface area contributed by atoms with Crippen molar-refractivity contribution in [3.8, 4) is 6.07 Å². The summed E-state index contributed by atoms with van der Waals surface area (Å²) in [5.74, 6) is 1.98. The van der Waals surface area contributed by atoms with Crippen LogP contribution in [0.2, 0.25) is 0 Å². The third-order valence-electron chi connectivity index (χ3n) is 3.11. The summed E-state index contributed by atoms with van der Waals surface area (Å²) in [5, 5.41) is 8.99. The molecular formula is C12H19N. The molecule has 13 heavy (non-hydrogen) atoms. The maximum Gasteiger partial charge on any atom is 0.0728 e. The van der Waals surface area contributed by atoms with E-state index in [2.05, 4.69) is 39.0 Å². The van der Waals surface area contributed by atoms with Gasteiger partial charge in [-0.2, -0.15) is 5.26 Å². The minimum absolute atomic E-state index is 0.217. The Bertz CT molecular complexity index is 246. The molecule has 0 aromatic rings. The van der Waals surface area contributed by atoms with Gasteiger partial charge in [0.1, 0.15) is 0 Å². The molecule has 0 spiro atoms. The van der Waals surface area contributed by atoms with Crippen LogP contribution >= 0.6 is 0 Å². The van der Waals surface area contributed by atoms with Crippen LogP contribution in [-0.2, 0) is 0 Å². The lowest BCUT2D eigenvalue weighted by atomic mass is 9.69. The number of hydrogen-bond donors (Lipinski definition) is 0. The van der Waals surface area contributed by atoms with E-state index in [0.717, 1.165) is 6.42 Å². The van der Waals surface area contributed by atoms with E-state index in [0.29, 0.717) is 17.8 Å². The zero-order valence-corrected chi connectivity index (χ0v) is 9.04. The van der Waals surface area contributed by atoms with Crippen LogP contribution in [0.3, 0.4) is 0 Å². The Morgan fingerprint density at radius 2 is 2.15 bits per heavy atom. The van der Waals surface area contributed by atoms with Gasteiger partial charge in [0.15, 0.2) is 0 Å². The van der Waals surface area contributed by atoms with E-state index in [9.17, 15) is 0 Å². The van der Waals surface area contributed by atoms with Gasteiger partial charge in [0.05, 0.1) is 11.5 Å². The molecule has 1 rings (SSSR count). The van der Waals surface area contributed by atoms with Crippen molar-refractivity contribution < 1.29 is 0 Å². The van der Waals surface area contributed by atoms with Crippen LogP contribution in [0.15, 0.2) is 12.2 Å². The highest BCUT2D eigenvalue weighted by Crippen LogP contribution is 2.39. The standard InChI is InChI=1S/C12H19N/c1-9(2)11-5-6-12(4,8-13)7-10(11)3/h5-6,9-11H,7H2,1-4H3. The van der Waals surface area contributed by atoms with E-state index in [1.807, 2.05) is 6.92 Å². The normalized spacial score (nSPS) is 39.1. The Kier molecular flexibility index (Phi) is 2.81. The van der Waals surface area contributed by atoms with E-state index in [-0.39, 0.29) is 5.41 Å². The van der Waals surface area contributed by atoms with Crippen LogP contribution in [0.4, 0.5) is 0 Å². The molecule has 0 saturated heterocycles. The Hall–Kier alpha value is -0.770. The monoisotopic (exact) mass is 177 g/mol. The molecule has 0 heterocycles. The summed E-state index contributed by atoms with van der Waals surface area (Å²) in [6, 6.07) is 2.38. The second kappa shape index (κ2) is 3.54. The van der Waals surface area contributed by atoms with Gasteiger partial charge in [0, 0.05) is 0 Å². The molecule has 0 aromatic heterocycles. The van der Waals surface area contributed by atoms with Gasteiger partial charge in [-0.15, -0.1) is 0 Å². The SMILES string of the molecule is CC(C)C1C=CC(C)(C#N)CC1C. The molecule has 1 heteroatoms. The first kappa shape index (κ1) is 10.3. The fraction of sp³-hybridized carbons (Fsp3) is 0.750. The number of allylic oxidation sites excluding steroid dienone is 2. The number of nitrogens with zero attached hydrogens (tertiary/aromatic N) is 1. The van der Waals surface area contributed by atoms with Crippen molar-refractivity contribution in [2.24, 2.45) is 23.2 Å². The first-order valence-electron chi connectivity index (χ1n) is 5.09. The summed E-state index contributed by atoms with van der Waals surface area (Å²) in [7, 11) is 0. The maximum atomic E-state index is 8.99. The van der Waals surface area contributed by atoms with Crippen molar-refractivity contribution in [1.82, 2.24) is 0 Å². The fourth-order valence-electron chi connectivity index (χ4n) is 2.35. The van der Waals surface area contributed by atoms with Gasteiger partial charge in [-0.25, -0.2) is 0 Å². The highest BCUT2D eigenvalue weighted by molar-refractivity contribution is 5.16. The van der Waals surface area contributed by atoms with Gasteiger partial charge >= 0.3 is 0 Å². The fourth-order valence-corrected chi connectivity index (χ4v) is 2.35. The summed E-state index contributed by atoms with van der Waals surface area (Å²) in [6.45, 7) is 8.78. The predicted octanol–water partition coefficient (Wildman–Crippen LogP) is 3.38. The molecule has 0 N–H and O–H groups in total. The second-order valence-corrected chi connectivity index (χ2v) is 4.89. The first-order chi connectivity index (χ1) is 5.98. The summed E-state index contributed by atoms with van der Waals surface area (Å²) in [6.07, 6.45) is 5.34. The lowest BCUT2D eigenvalue weighted by Gasteiger charge is -2.34.